The Morgan fingerprint density at radius 3 is 2.60 bits per heavy atom. The van der Waals surface area contributed by atoms with Gasteiger partial charge in [-0.25, -0.2) is 13.6 Å². The van der Waals surface area contributed by atoms with Crippen LogP contribution in [0.25, 0.3) is 0 Å². The van der Waals surface area contributed by atoms with Gasteiger partial charge in [0, 0.05) is 31.9 Å². The lowest BCUT2D eigenvalue weighted by molar-refractivity contribution is -0.151. The van der Waals surface area contributed by atoms with Crippen LogP contribution in [0.5, 0.6) is 11.5 Å². The Morgan fingerprint density at radius 1 is 1.32 bits per heavy atom. The van der Waals surface area contributed by atoms with Crippen molar-refractivity contribution in [1.82, 2.24) is 4.90 Å². The van der Waals surface area contributed by atoms with Gasteiger partial charge in [-0.2, -0.15) is 0 Å². The monoisotopic (exact) mass is 391 g/mol. The SMILES string of the molecule is COC(=O)C1(Oc2cc(OC(=S)N3CCC(F)(F)C3)ccc2Cl)CC1. The molecule has 136 valence electrons. The number of carbonyl (C=O) groups excluding carboxylic acids is 1. The third-order valence-corrected chi connectivity index (χ3v) is 4.76. The van der Waals surface area contributed by atoms with Gasteiger partial charge < -0.3 is 19.1 Å². The molecule has 0 radical (unpaired) electrons. The van der Waals surface area contributed by atoms with Crippen LogP contribution >= 0.6 is 23.8 Å². The first-order valence-corrected chi connectivity index (χ1v) is 8.45. The van der Waals surface area contributed by atoms with Crippen LogP contribution in [0.3, 0.4) is 0 Å². The molecule has 2 aliphatic rings. The second kappa shape index (κ2) is 6.57. The van der Waals surface area contributed by atoms with E-state index >= 15 is 0 Å². The predicted molar refractivity (Wildman–Crippen MR) is 90.4 cm³/mol. The van der Waals surface area contributed by atoms with E-state index in [9.17, 15) is 13.6 Å². The minimum atomic E-state index is -2.76. The highest BCUT2D eigenvalue weighted by atomic mass is 35.5. The minimum Gasteiger partial charge on any atom is -0.474 e. The molecule has 0 unspecified atom stereocenters. The Hall–Kier alpha value is -1.67. The topological polar surface area (TPSA) is 48.0 Å². The molecule has 25 heavy (non-hydrogen) atoms. The maximum Gasteiger partial charge on any atom is 0.350 e. The normalized spacial score (nSPS) is 20.1. The molecule has 2 fully saturated rings. The van der Waals surface area contributed by atoms with Crippen molar-refractivity contribution < 1.29 is 27.8 Å². The summed E-state index contributed by atoms with van der Waals surface area (Å²) in [4.78, 5) is 13.1. The number of rotatable bonds is 4. The van der Waals surface area contributed by atoms with Crippen molar-refractivity contribution in [3.8, 4) is 11.5 Å². The highest BCUT2D eigenvalue weighted by Crippen LogP contribution is 2.44. The van der Waals surface area contributed by atoms with E-state index in [1.807, 2.05) is 0 Å². The second-order valence-electron chi connectivity index (χ2n) is 6.08. The molecular formula is C16H16ClF2NO4S. The van der Waals surface area contributed by atoms with Crippen LogP contribution in [0.15, 0.2) is 18.2 Å². The molecular weight excluding hydrogens is 376 g/mol. The van der Waals surface area contributed by atoms with Crippen LogP contribution in [0.4, 0.5) is 8.78 Å². The van der Waals surface area contributed by atoms with Gasteiger partial charge in [0.05, 0.1) is 18.7 Å². The first kappa shape index (κ1) is 18.1. The number of nitrogens with zero attached hydrogens (tertiary/aromatic N) is 1. The summed E-state index contributed by atoms with van der Waals surface area (Å²) in [5, 5.41) is 0.251. The molecule has 3 rings (SSSR count). The van der Waals surface area contributed by atoms with Gasteiger partial charge in [0.2, 0.25) is 5.60 Å². The lowest BCUT2D eigenvalue weighted by Gasteiger charge is -2.20. The largest absolute Gasteiger partial charge is 0.474 e. The van der Waals surface area contributed by atoms with Crippen LogP contribution < -0.4 is 9.47 Å². The number of likely N-dealkylation sites (tertiary alicyclic amines) is 1. The maximum atomic E-state index is 13.3. The first-order valence-electron chi connectivity index (χ1n) is 7.66. The lowest BCUT2D eigenvalue weighted by Crippen LogP contribution is -2.33. The fourth-order valence-electron chi connectivity index (χ4n) is 2.54. The molecule has 9 heteroatoms. The predicted octanol–water partition coefficient (Wildman–Crippen LogP) is 3.43. The zero-order valence-corrected chi connectivity index (χ0v) is 15.0. The summed E-state index contributed by atoms with van der Waals surface area (Å²) in [7, 11) is 1.29. The Balaban J connectivity index is 1.70. The number of hydrogen-bond donors (Lipinski definition) is 0. The summed E-state index contributed by atoms with van der Waals surface area (Å²) in [5.74, 6) is -2.69. The highest BCUT2D eigenvalue weighted by molar-refractivity contribution is 7.80. The van der Waals surface area contributed by atoms with Gasteiger partial charge >= 0.3 is 5.97 Å². The van der Waals surface area contributed by atoms with Gasteiger partial charge in [0.25, 0.3) is 11.1 Å². The third-order valence-electron chi connectivity index (χ3n) is 4.10. The van der Waals surface area contributed by atoms with Crippen LogP contribution in [-0.2, 0) is 9.53 Å². The van der Waals surface area contributed by atoms with Gasteiger partial charge in [0.15, 0.2) is 0 Å². The average molecular weight is 392 g/mol. The smallest absolute Gasteiger partial charge is 0.350 e. The molecule has 1 heterocycles. The second-order valence-corrected chi connectivity index (χ2v) is 6.83. The molecule has 0 aromatic heterocycles. The fourth-order valence-corrected chi connectivity index (χ4v) is 2.95. The quantitative estimate of drug-likeness (QED) is 0.579. The Bertz CT molecular complexity index is 711. The van der Waals surface area contributed by atoms with E-state index in [1.165, 1.54) is 24.1 Å². The molecule has 1 aromatic carbocycles. The number of alkyl halides is 2. The number of hydrogen-bond acceptors (Lipinski definition) is 5. The summed E-state index contributed by atoms with van der Waals surface area (Å²) in [6.07, 6.45) is 0.803. The molecule has 5 nitrogen and oxygen atoms in total. The van der Waals surface area contributed by atoms with Crippen molar-refractivity contribution in [2.75, 3.05) is 20.2 Å². The third kappa shape index (κ3) is 3.95. The van der Waals surface area contributed by atoms with Gasteiger partial charge in [-0.1, -0.05) is 11.6 Å². The molecule has 1 aliphatic heterocycles. The average Bonchev–Trinajstić information content (AvgIpc) is 3.25. The molecule has 1 aliphatic carbocycles. The molecule has 1 saturated heterocycles. The van der Waals surface area contributed by atoms with E-state index in [0.29, 0.717) is 23.6 Å². The van der Waals surface area contributed by atoms with Crippen molar-refractivity contribution in [1.29, 1.82) is 0 Å². The number of ether oxygens (including phenoxy) is 3. The standard InChI is InChI=1S/C16H16ClF2NO4S/c1-22-13(21)15(4-5-15)24-12-8-10(2-3-11(12)17)23-14(25)20-7-6-16(18,19)9-20/h2-3,8H,4-7,9H2,1H3. The summed E-state index contributed by atoms with van der Waals surface area (Å²) in [6, 6.07) is 4.56. The number of methoxy groups -OCH3 is 1. The summed E-state index contributed by atoms with van der Waals surface area (Å²) < 4.78 is 42.5. The molecule has 1 aromatic rings. The van der Waals surface area contributed by atoms with E-state index in [-0.39, 0.29) is 23.9 Å². The zero-order valence-electron chi connectivity index (χ0n) is 13.4. The first-order chi connectivity index (χ1) is 11.7. The number of esters is 1. The van der Waals surface area contributed by atoms with Gasteiger partial charge in [-0.3, -0.25) is 0 Å². The van der Waals surface area contributed by atoms with Crippen LogP contribution in [0.2, 0.25) is 5.02 Å². The van der Waals surface area contributed by atoms with Gasteiger partial charge in [-0.05, 0) is 24.4 Å². The Kier molecular flexibility index (Phi) is 4.76. The molecule has 0 N–H and O–H groups in total. The summed E-state index contributed by atoms with van der Waals surface area (Å²) in [5.41, 5.74) is -1.02. The lowest BCUT2D eigenvalue weighted by atomic mass is 10.3. The molecule has 1 saturated carbocycles. The van der Waals surface area contributed by atoms with Crippen molar-refractivity contribution in [2.24, 2.45) is 0 Å². The van der Waals surface area contributed by atoms with E-state index in [4.69, 9.17) is 38.0 Å². The minimum absolute atomic E-state index is 0.0421. The van der Waals surface area contributed by atoms with Crippen molar-refractivity contribution >= 4 is 35.0 Å². The van der Waals surface area contributed by atoms with Crippen LogP contribution in [-0.4, -0.2) is 47.8 Å². The number of carbonyl (C=O) groups is 1. The number of halogens is 3. The van der Waals surface area contributed by atoms with E-state index < -0.39 is 24.0 Å². The summed E-state index contributed by atoms with van der Waals surface area (Å²) in [6.45, 7) is -0.331. The van der Waals surface area contributed by atoms with E-state index in [2.05, 4.69) is 0 Å². The van der Waals surface area contributed by atoms with Crippen LogP contribution in [0, 0.1) is 0 Å². The molecule has 0 spiro atoms. The zero-order chi connectivity index (χ0) is 18.2. The molecule has 0 atom stereocenters. The maximum absolute atomic E-state index is 13.3. The van der Waals surface area contributed by atoms with Crippen LogP contribution in [0.1, 0.15) is 19.3 Å². The van der Waals surface area contributed by atoms with Gasteiger partial charge in [-0.15, -0.1) is 0 Å². The van der Waals surface area contributed by atoms with Crippen molar-refractivity contribution in [2.45, 2.75) is 30.8 Å². The van der Waals surface area contributed by atoms with E-state index in [1.54, 1.807) is 6.07 Å². The molecule has 0 bridgehead atoms. The Morgan fingerprint density at radius 2 is 2.04 bits per heavy atom. The number of thiocarbonyl (C=S) groups is 1. The van der Waals surface area contributed by atoms with E-state index in [0.717, 1.165) is 0 Å². The summed E-state index contributed by atoms with van der Waals surface area (Å²) >= 11 is 11.2. The fraction of sp³-hybridized carbons (Fsp3) is 0.500. The highest BCUT2D eigenvalue weighted by Gasteiger charge is 2.54. The molecule has 0 amide bonds. The van der Waals surface area contributed by atoms with Gasteiger partial charge in [0.1, 0.15) is 11.5 Å². The van der Waals surface area contributed by atoms with Crippen molar-refractivity contribution in [3.63, 3.8) is 0 Å². The van der Waals surface area contributed by atoms with Crippen molar-refractivity contribution in [3.05, 3.63) is 23.2 Å². The Labute approximate surface area is 153 Å². The number of benzene rings is 1.